The third-order valence-electron chi connectivity index (χ3n) is 1.50. The van der Waals surface area contributed by atoms with Gasteiger partial charge < -0.3 is 15.6 Å². The van der Waals surface area contributed by atoms with Crippen molar-refractivity contribution in [1.29, 1.82) is 0 Å². The number of anilines is 1. The number of carbonyl (C=O) groups is 1. The summed E-state index contributed by atoms with van der Waals surface area (Å²) < 4.78 is 0. The molecule has 14 heavy (non-hydrogen) atoms. The van der Waals surface area contributed by atoms with Gasteiger partial charge in [-0.05, 0) is 17.7 Å². The monoisotopic (exact) mass is 303 g/mol. The molecule has 0 spiro atoms. The van der Waals surface area contributed by atoms with Gasteiger partial charge in [-0.1, -0.05) is 23.2 Å². The first kappa shape index (κ1) is 14.9. The summed E-state index contributed by atoms with van der Waals surface area (Å²) in [5, 5.41) is 10.8. The Morgan fingerprint density at radius 1 is 1.36 bits per heavy atom. The normalized spacial score (nSPS) is 9.29. The van der Waals surface area contributed by atoms with Crippen molar-refractivity contribution >= 4 is 34.9 Å². The minimum Gasteiger partial charge on any atom is -0.550 e. The van der Waals surface area contributed by atoms with Gasteiger partial charge in [-0.3, -0.25) is 0 Å². The second-order valence-electron chi connectivity index (χ2n) is 2.51. The molecule has 0 radical (unpaired) electrons. The molecular weight excluding hydrogens is 298 g/mol. The maximum Gasteiger partial charge on any atom is 1.00 e. The fourth-order valence-corrected chi connectivity index (χ4v) is 1.32. The van der Waals surface area contributed by atoms with Gasteiger partial charge in [0.2, 0.25) is 0 Å². The van der Waals surface area contributed by atoms with E-state index in [1.807, 2.05) is 0 Å². The fourth-order valence-electron chi connectivity index (χ4n) is 0.894. The van der Waals surface area contributed by atoms with Crippen LogP contribution in [-0.2, 0) is 11.2 Å². The van der Waals surface area contributed by atoms with E-state index in [0.717, 1.165) is 0 Å². The third kappa shape index (κ3) is 4.17. The molecule has 0 aliphatic rings. The van der Waals surface area contributed by atoms with Crippen molar-refractivity contribution in [3.05, 3.63) is 27.7 Å². The van der Waals surface area contributed by atoms with E-state index in [1.54, 1.807) is 0 Å². The first-order chi connectivity index (χ1) is 6.00. The van der Waals surface area contributed by atoms with E-state index >= 15 is 0 Å². The summed E-state index contributed by atoms with van der Waals surface area (Å²) in [4.78, 5) is 10.3. The van der Waals surface area contributed by atoms with Gasteiger partial charge in [-0.15, -0.1) is 0 Å². The average Bonchev–Trinajstić information content (AvgIpc) is 1.99. The van der Waals surface area contributed by atoms with E-state index in [4.69, 9.17) is 28.9 Å². The van der Waals surface area contributed by atoms with E-state index in [-0.39, 0.29) is 69.6 Å². The van der Waals surface area contributed by atoms with Crippen molar-refractivity contribution in [3.8, 4) is 0 Å². The molecule has 6 heteroatoms. The zero-order chi connectivity index (χ0) is 10.0. The predicted molar refractivity (Wildman–Crippen MR) is 49.6 cm³/mol. The van der Waals surface area contributed by atoms with Crippen LogP contribution in [0.15, 0.2) is 12.1 Å². The van der Waals surface area contributed by atoms with Crippen molar-refractivity contribution in [2.45, 2.75) is 6.42 Å². The summed E-state index contributed by atoms with van der Waals surface area (Å²) in [6, 6.07) is 2.84. The maximum atomic E-state index is 10.3. The van der Waals surface area contributed by atoms with Crippen LogP contribution in [0.1, 0.15) is 5.56 Å². The van der Waals surface area contributed by atoms with Gasteiger partial charge in [0.25, 0.3) is 0 Å². The number of nitrogens with two attached hydrogens (primary N) is 1. The first-order valence-electron chi connectivity index (χ1n) is 3.44. The van der Waals surface area contributed by atoms with Crippen molar-refractivity contribution in [2.75, 3.05) is 5.73 Å². The standard InChI is InChI=1S/C8H7Cl2NO2.Rb/c9-5-3-7(11)6(10)1-4(5)2-8(12)13;/h1,3H,2,11H2,(H,12,13);/q;+1/p-1. The molecule has 1 rings (SSSR count). The second-order valence-corrected chi connectivity index (χ2v) is 3.33. The van der Waals surface area contributed by atoms with Crippen LogP contribution in [-0.4, -0.2) is 5.97 Å². The van der Waals surface area contributed by atoms with Crippen LogP contribution in [0.3, 0.4) is 0 Å². The van der Waals surface area contributed by atoms with Gasteiger partial charge in [0.05, 0.1) is 10.7 Å². The molecule has 70 valence electrons. The van der Waals surface area contributed by atoms with Crippen LogP contribution in [0.2, 0.25) is 10.0 Å². The van der Waals surface area contributed by atoms with Crippen LogP contribution in [0.25, 0.3) is 0 Å². The summed E-state index contributed by atoms with van der Waals surface area (Å²) in [6.45, 7) is 0. The van der Waals surface area contributed by atoms with Crippen molar-refractivity contribution in [3.63, 3.8) is 0 Å². The van der Waals surface area contributed by atoms with Crippen LogP contribution >= 0.6 is 23.2 Å². The molecule has 1 aromatic rings. The minimum absolute atomic E-state index is 0. The SMILES string of the molecule is Nc1cc(Cl)c(CC(=O)[O-])cc1Cl.[Rb+]. The number of carboxylic acids is 1. The Bertz CT molecular complexity index is 357. The zero-order valence-corrected chi connectivity index (χ0v) is 13.9. The number of benzene rings is 1. The molecule has 3 nitrogen and oxygen atoms in total. The van der Waals surface area contributed by atoms with Crippen molar-refractivity contribution < 1.29 is 68.1 Å². The molecule has 0 aromatic heterocycles. The smallest absolute Gasteiger partial charge is 0.550 e. The van der Waals surface area contributed by atoms with Gasteiger partial charge in [-0.25, -0.2) is 0 Å². The molecule has 0 heterocycles. The molecule has 0 saturated carbocycles. The van der Waals surface area contributed by atoms with Crippen LogP contribution in [0.5, 0.6) is 0 Å². The molecular formula is C8H6Cl2NO2Rb. The Kier molecular flexibility index (Phi) is 6.86. The Hall–Kier alpha value is 0.875. The quantitative estimate of drug-likeness (QED) is 0.635. The summed E-state index contributed by atoms with van der Waals surface area (Å²) in [7, 11) is 0. The van der Waals surface area contributed by atoms with Crippen molar-refractivity contribution in [2.24, 2.45) is 0 Å². The summed E-state index contributed by atoms with van der Waals surface area (Å²) >= 11 is 11.4. The summed E-state index contributed by atoms with van der Waals surface area (Å²) in [6.07, 6.45) is -0.265. The molecule has 0 atom stereocenters. The molecule has 0 amide bonds. The Morgan fingerprint density at radius 3 is 2.43 bits per heavy atom. The number of nitrogen functional groups attached to an aromatic ring is 1. The zero-order valence-electron chi connectivity index (χ0n) is 7.51. The molecule has 0 saturated heterocycles. The average molecular weight is 305 g/mol. The number of hydrogen-bond acceptors (Lipinski definition) is 3. The van der Waals surface area contributed by atoms with Gasteiger partial charge in [0.1, 0.15) is 0 Å². The van der Waals surface area contributed by atoms with Gasteiger partial charge in [-0.2, -0.15) is 0 Å². The molecule has 1 aromatic carbocycles. The van der Waals surface area contributed by atoms with Gasteiger partial charge >= 0.3 is 58.2 Å². The molecule has 0 fully saturated rings. The Morgan fingerprint density at radius 2 is 1.93 bits per heavy atom. The number of halogens is 2. The topological polar surface area (TPSA) is 66.2 Å². The van der Waals surface area contributed by atoms with E-state index < -0.39 is 5.97 Å². The van der Waals surface area contributed by atoms with Crippen LogP contribution in [0.4, 0.5) is 5.69 Å². The van der Waals surface area contributed by atoms with Crippen LogP contribution in [0, 0.1) is 0 Å². The summed E-state index contributed by atoms with van der Waals surface area (Å²) in [5.41, 5.74) is 6.17. The number of carboxylic acid groups (broad SMARTS) is 1. The minimum atomic E-state index is -1.21. The van der Waals surface area contributed by atoms with Crippen LogP contribution < -0.4 is 69.0 Å². The Balaban J connectivity index is 0.00000169. The number of hydrogen-bond donors (Lipinski definition) is 1. The van der Waals surface area contributed by atoms with E-state index in [2.05, 4.69) is 0 Å². The maximum absolute atomic E-state index is 10.3. The largest absolute Gasteiger partial charge is 1.00 e. The van der Waals surface area contributed by atoms with Gasteiger partial charge in [0.15, 0.2) is 0 Å². The third-order valence-corrected chi connectivity index (χ3v) is 2.18. The molecule has 0 unspecified atom stereocenters. The first-order valence-corrected chi connectivity index (χ1v) is 4.19. The Labute approximate surface area is 140 Å². The summed E-state index contributed by atoms with van der Waals surface area (Å²) in [5.74, 6) is -1.21. The molecule has 0 aliphatic carbocycles. The van der Waals surface area contributed by atoms with E-state index in [1.165, 1.54) is 12.1 Å². The predicted octanol–water partition coefficient (Wildman–Crippen LogP) is -2.13. The second kappa shape index (κ2) is 6.46. The number of aliphatic carboxylic acids is 1. The van der Waals surface area contributed by atoms with E-state index in [0.29, 0.717) is 16.3 Å². The van der Waals surface area contributed by atoms with E-state index in [9.17, 15) is 9.90 Å². The molecule has 0 aliphatic heterocycles. The number of carbonyl (C=O) groups excluding carboxylic acids is 1. The fraction of sp³-hybridized carbons (Fsp3) is 0.125. The molecule has 0 bridgehead atoms. The van der Waals surface area contributed by atoms with Gasteiger partial charge in [0, 0.05) is 17.4 Å². The number of rotatable bonds is 2. The molecule has 2 N–H and O–H groups in total. The van der Waals surface area contributed by atoms with Crippen molar-refractivity contribution in [1.82, 2.24) is 0 Å².